The third-order valence-electron chi connectivity index (χ3n) is 2.45. The maximum atomic E-state index is 12.8. The van der Waals surface area contributed by atoms with Gasteiger partial charge < -0.3 is 0 Å². The lowest BCUT2D eigenvalue weighted by atomic mass is 10.0. The zero-order chi connectivity index (χ0) is 12.3. The number of hydrogen-bond donors (Lipinski definition) is 0. The molecule has 0 aliphatic carbocycles. The highest BCUT2D eigenvalue weighted by Crippen LogP contribution is 2.20. The van der Waals surface area contributed by atoms with Gasteiger partial charge in [-0.25, -0.2) is 4.39 Å². The molecule has 0 aliphatic heterocycles. The van der Waals surface area contributed by atoms with Crippen molar-refractivity contribution in [3.63, 3.8) is 0 Å². The fourth-order valence-electron chi connectivity index (χ4n) is 1.54. The molecule has 0 aliphatic rings. The van der Waals surface area contributed by atoms with E-state index in [4.69, 9.17) is 11.6 Å². The predicted molar refractivity (Wildman–Crippen MR) is 68.4 cm³/mol. The maximum Gasteiger partial charge on any atom is 0.164 e. The van der Waals surface area contributed by atoms with Crippen molar-refractivity contribution in [1.82, 2.24) is 0 Å². The van der Waals surface area contributed by atoms with E-state index in [0.29, 0.717) is 18.4 Å². The SMILES string of the molecule is O=C(CCc1ccsc1)c1ccc(F)cc1Cl. The quantitative estimate of drug-likeness (QED) is 0.753. The van der Waals surface area contributed by atoms with Gasteiger partial charge in [0.1, 0.15) is 5.82 Å². The van der Waals surface area contributed by atoms with Crippen LogP contribution < -0.4 is 0 Å². The molecule has 0 bridgehead atoms. The molecule has 88 valence electrons. The van der Waals surface area contributed by atoms with Gasteiger partial charge in [-0.05, 0) is 47.0 Å². The normalized spacial score (nSPS) is 10.5. The summed E-state index contributed by atoms with van der Waals surface area (Å²) in [4.78, 5) is 11.9. The molecule has 0 unspecified atom stereocenters. The van der Waals surface area contributed by atoms with Crippen LogP contribution in [0.15, 0.2) is 35.0 Å². The largest absolute Gasteiger partial charge is 0.294 e. The van der Waals surface area contributed by atoms with Crippen molar-refractivity contribution in [3.05, 3.63) is 57.0 Å². The molecule has 0 spiro atoms. The number of rotatable bonds is 4. The van der Waals surface area contributed by atoms with Crippen LogP contribution in [0.4, 0.5) is 4.39 Å². The van der Waals surface area contributed by atoms with Crippen molar-refractivity contribution >= 4 is 28.7 Å². The molecule has 1 aromatic heterocycles. The summed E-state index contributed by atoms with van der Waals surface area (Å²) >= 11 is 7.43. The molecule has 2 aromatic rings. The summed E-state index contributed by atoms with van der Waals surface area (Å²) in [5.41, 5.74) is 1.53. The lowest BCUT2D eigenvalue weighted by Crippen LogP contribution is -2.02. The number of halogens is 2. The van der Waals surface area contributed by atoms with Gasteiger partial charge in [0.2, 0.25) is 0 Å². The van der Waals surface area contributed by atoms with Crippen LogP contribution in [0.1, 0.15) is 22.3 Å². The average Bonchev–Trinajstić information content (AvgIpc) is 2.78. The molecule has 1 heterocycles. The van der Waals surface area contributed by atoms with Gasteiger partial charge in [-0.1, -0.05) is 11.6 Å². The fourth-order valence-corrected chi connectivity index (χ4v) is 2.52. The molecule has 0 radical (unpaired) electrons. The number of ketones is 1. The lowest BCUT2D eigenvalue weighted by Gasteiger charge is -2.03. The number of carbonyl (C=O) groups is 1. The van der Waals surface area contributed by atoms with Crippen LogP contribution in [0.5, 0.6) is 0 Å². The van der Waals surface area contributed by atoms with Crippen LogP contribution in [-0.4, -0.2) is 5.78 Å². The van der Waals surface area contributed by atoms with E-state index in [0.717, 1.165) is 5.56 Å². The Morgan fingerprint density at radius 1 is 1.35 bits per heavy atom. The monoisotopic (exact) mass is 268 g/mol. The van der Waals surface area contributed by atoms with Crippen LogP contribution in [0.2, 0.25) is 5.02 Å². The predicted octanol–water partition coefficient (Wildman–Crippen LogP) is 4.36. The van der Waals surface area contributed by atoms with Crippen LogP contribution in [-0.2, 0) is 6.42 Å². The second-order valence-electron chi connectivity index (χ2n) is 3.68. The summed E-state index contributed by atoms with van der Waals surface area (Å²) < 4.78 is 12.8. The first-order chi connectivity index (χ1) is 8.16. The molecule has 4 heteroatoms. The van der Waals surface area contributed by atoms with Crippen LogP contribution in [0.25, 0.3) is 0 Å². The molecule has 2 rings (SSSR count). The third-order valence-corrected chi connectivity index (χ3v) is 3.50. The number of thiophene rings is 1. The summed E-state index contributed by atoms with van der Waals surface area (Å²) in [6.45, 7) is 0. The van der Waals surface area contributed by atoms with Crippen molar-refractivity contribution in [1.29, 1.82) is 0 Å². The minimum absolute atomic E-state index is 0.0544. The second kappa shape index (κ2) is 5.43. The molecule has 0 saturated carbocycles. The Kier molecular flexibility index (Phi) is 3.92. The molecule has 0 fully saturated rings. The Hall–Kier alpha value is -1.19. The molecule has 0 atom stereocenters. The molecule has 1 aromatic carbocycles. The van der Waals surface area contributed by atoms with Gasteiger partial charge in [0.05, 0.1) is 5.02 Å². The second-order valence-corrected chi connectivity index (χ2v) is 4.87. The van der Waals surface area contributed by atoms with Crippen molar-refractivity contribution in [3.8, 4) is 0 Å². The first kappa shape index (κ1) is 12.3. The Bertz CT molecular complexity index is 522. The summed E-state index contributed by atoms with van der Waals surface area (Å²) in [5.74, 6) is -0.481. The highest BCUT2D eigenvalue weighted by molar-refractivity contribution is 7.07. The molecule has 0 saturated heterocycles. The van der Waals surface area contributed by atoms with E-state index in [2.05, 4.69) is 0 Å². The highest BCUT2D eigenvalue weighted by atomic mass is 35.5. The van der Waals surface area contributed by atoms with Gasteiger partial charge in [0.25, 0.3) is 0 Å². The molecular formula is C13H10ClFOS. The van der Waals surface area contributed by atoms with Crippen LogP contribution in [0.3, 0.4) is 0 Å². The van der Waals surface area contributed by atoms with Gasteiger partial charge in [0, 0.05) is 12.0 Å². The topological polar surface area (TPSA) is 17.1 Å². The van der Waals surface area contributed by atoms with Gasteiger partial charge in [-0.15, -0.1) is 0 Å². The van der Waals surface area contributed by atoms with Crippen molar-refractivity contribution in [2.24, 2.45) is 0 Å². The Balaban J connectivity index is 2.04. The molecule has 0 amide bonds. The van der Waals surface area contributed by atoms with Gasteiger partial charge in [-0.2, -0.15) is 11.3 Å². The smallest absolute Gasteiger partial charge is 0.164 e. The minimum atomic E-state index is -0.426. The first-order valence-electron chi connectivity index (χ1n) is 5.16. The average molecular weight is 269 g/mol. The number of hydrogen-bond acceptors (Lipinski definition) is 2. The van der Waals surface area contributed by atoms with E-state index in [1.54, 1.807) is 11.3 Å². The molecule has 1 nitrogen and oxygen atoms in total. The van der Waals surface area contributed by atoms with E-state index < -0.39 is 5.82 Å². The van der Waals surface area contributed by atoms with Crippen molar-refractivity contribution in [2.45, 2.75) is 12.8 Å². The third kappa shape index (κ3) is 3.14. The minimum Gasteiger partial charge on any atom is -0.294 e. The van der Waals surface area contributed by atoms with Gasteiger partial charge in [-0.3, -0.25) is 4.79 Å². The van der Waals surface area contributed by atoms with E-state index in [1.807, 2.05) is 16.8 Å². The molecular weight excluding hydrogens is 259 g/mol. The Morgan fingerprint density at radius 2 is 2.18 bits per heavy atom. The summed E-state index contributed by atoms with van der Waals surface area (Å²) in [5, 5.41) is 4.17. The first-order valence-corrected chi connectivity index (χ1v) is 6.48. The summed E-state index contributed by atoms with van der Waals surface area (Å²) in [6.07, 6.45) is 1.08. The number of benzene rings is 1. The van der Waals surface area contributed by atoms with Crippen LogP contribution >= 0.6 is 22.9 Å². The van der Waals surface area contributed by atoms with E-state index in [1.165, 1.54) is 18.2 Å². The zero-order valence-corrected chi connectivity index (χ0v) is 10.5. The highest BCUT2D eigenvalue weighted by Gasteiger charge is 2.11. The van der Waals surface area contributed by atoms with Crippen molar-refractivity contribution < 1.29 is 9.18 Å². The number of aryl methyl sites for hydroxylation is 1. The summed E-state index contributed by atoms with van der Waals surface area (Å²) in [6, 6.07) is 5.85. The van der Waals surface area contributed by atoms with E-state index in [9.17, 15) is 9.18 Å². The molecule has 0 N–H and O–H groups in total. The fraction of sp³-hybridized carbons (Fsp3) is 0.154. The zero-order valence-electron chi connectivity index (χ0n) is 8.95. The van der Waals surface area contributed by atoms with E-state index in [-0.39, 0.29) is 10.8 Å². The standard InChI is InChI=1S/C13H10ClFOS/c14-12-7-10(15)2-3-11(12)13(16)4-1-9-5-6-17-8-9/h2-3,5-8H,1,4H2. The summed E-state index contributed by atoms with van der Waals surface area (Å²) in [7, 11) is 0. The Morgan fingerprint density at radius 3 is 2.82 bits per heavy atom. The maximum absolute atomic E-state index is 12.8. The van der Waals surface area contributed by atoms with Crippen LogP contribution in [0, 0.1) is 5.82 Å². The Labute approximate surface area is 108 Å². The number of carbonyl (C=O) groups excluding carboxylic acids is 1. The molecule has 17 heavy (non-hydrogen) atoms. The lowest BCUT2D eigenvalue weighted by molar-refractivity contribution is 0.0983. The van der Waals surface area contributed by atoms with Gasteiger partial charge >= 0.3 is 0 Å². The van der Waals surface area contributed by atoms with E-state index >= 15 is 0 Å². The number of Topliss-reactive ketones (excluding diaryl/α,β-unsaturated/α-hetero) is 1. The van der Waals surface area contributed by atoms with Crippen molar-refractivity contribution in [2.75, 3.05) is 0 Å². The van der Waals surface area contributed by atoms with Gasteiger partial charge in [0.15, 0.2) is 5.78 Å².